The van der Waals surface area contributed by atoms with E-state index in [4.69, 9.17) is 0 Å². The van der Waals surface area contributed by atoms with Crippen molar-refractivity contribution in [2.75, 3.05) is 0 Å². The minimum Gasteiger partial charge on any atom is -0.508 e. The predicted octanol–water partition coefficient (Wildman–Crippen LogP) is 3.13. The van der Waals surface area contributed by atoms with Crippen LogP contribution >= 0.6 is 0 Å². The lowest BCUT2D eigenvalue weighted by Gasteiger charge is -2.29. The van der Waals surface area contributed by atoms with Crippen LogP contribution in [-0.2, 0) is 0 Å². The van der Waals surface area contributed by atoms with Crippen molar-refractivity contribution in [3.8, 4) is 11.8 Å². The fourth-order valence-electron chi connectivity index (χ4n) is 2.71. The topological polar surface area (TPSA) is 73.1 Å². The Morgan fingerprint density at radius 1 is 1.20 bits per heavy atom. The van der Waals surface area contributed by atoms with Crippen molar-refractivity contribution in [1.82, 2.24) is 5.32 Å². The normalized spacial score (nSPS) is 18.4. The third kappa shape index (κ3) is 3.51. The standard InChI is InChI=1S/C16H20N2O2/c17-12-16(9-4-2-1-3-5-10-16)18-15(20)13-7-6-8-14(19)11-13/h6-8,11,19H,1-5,9-10H2,(H,18,20). The van der Waals surface area contributed by atoms with Gasteiger partial charge in [-0.3, -0.25) is 4.79 Å². The Balaban J connectivity index is 2.12. The van der Waals surface area contributed by atoms with Crippen LogP contribution in [0.2, 0.25) is 0 Å². The molecule has 1 aromatic carbocycles. The molecule has 0 heterocycles. The summed E-state index contributed by atoms with van der Waals surface area (Å²) in [5, 5.41) is 21.8. The lowest BCUT2D eigenvalue weighted by atomic mass is 9.85. The maximum atomic E-state index is 12.3. The Morgan fingerprint density at radius 3 is 2.45 bits per heavy atom. The summed E-state index contributed by atoms with van der Waals surface area (Å²) in [5.74, 6) is -0.232. The SMILES string of the molecule is N#CC1(NC(=O)c2cccc(O)c2)CCCCCCC1. The molecule has 0 aliphatic heterocycles. The fourth-order valence-corrected chi connectivity index (χ4v) is 2.71. The first kappa shape index (κ1) is 14.4. The van der Waals surface area contributed by atoms with Gasteiger partial charge in [-0.05, 0) is 31.0 Å². The summed E-state index contributed by atoms with van der Waals surface area (Å²) >= 11 is 0. The largest absolute Gasteiger partial charge is 0.508 e. The monoisotopic (exact) mass is 272 g/mol. The Labute approximate surface area is 119 Å². The van der Waals surface area contributed by atoms with Crippen LogP contribution in [0.15, 0.2) is 24.3 Å². The van der Waals surface area contributed by atoms with Gasteiger partial charge in [-0.2, -0.15) is 5.26 Å². The van der Waals surface area contributed by atoms with E-state index in [1.807, 2.05) is 0 Å². The average molecular weight is 272 g/mol. The number of hydrogen-bond acceptors (Lipinski definition) is 3. The second-order valence-corrected chi connectivity index (χ2v) is 5.47. The van der Waals surface area contributed by atoms with Gasteiger partial charge in [0.05, 0.1) is 6.07 Å². The summed E-state index contributed by atoms with van der Waals surface area (Å²) in [6.07, 6.45) is 6.78. The van der Waals surface area contributed by atoms with E-state index in [2.05, 4.69) is 11.4 Å². The molecule has 20 heavy (non-hydrogen) atoms. The zero-order valence-electron chi connectivity index (χ0n) is 11.6. The molecule has 0 spiro atoms. The van der Waals surface area contributed by atoms with Gasteiger partial charge in [-0.1, -0.05) is 38.2 Å². The summed E-state index contributed by atoms with van der Waals surface area (Å²) in [6, 6.07) is 8.51. The van der Waals surface area contributed by atoms with E-state index in [9.17, 15) is 15.2 Å². The maximum Gasteiger partial charge on any atom is 0.252 e. The van der Waals surface area contributed by atoms with Crippen molar-refractivity contribution < 1.29 is 9.90 Å². The Kier molecular flexibility index (Phi) is 4.62. The average Bonchev–Trinajstić information content (AvgIpc) is 2.42. The second kappa shape index (κ2) is 6.42. The molecule has 2 N–H and O–H groups in total. The molecule has 0 unspecified atom stereocenters. The van der Waals surface area contributed by atoms with Crippen molar-refractivity contribution in [2.24, 2.45) is 0 Å². The molecule has 1 fully saturated rings. The van der Waals surface area contributed by atoms with E-state index in [1.165, 1.54) is 18.6 Å². The van der Waals surface area contributed by atoms with Crippen LogP contribution < -0.4 is 5.32 Å². The molecule has 1 aromatic rings. The van der Waals surface area contributed by atoms with E-state index < -0.39 is 5.54 Å². The van der Waals surface area contributed by atoms with Crippen LogP contribution in [0.4, 0.5) is 0 Å². The lowest BCUT2D eigenvalue weighted by Crippen LogP contribution is -2.47. The third-order valence-corrected chi connectivity index (χ3v) is 3.88. The highest BCUT2D eigenvalue weighted by molar-refractivity contribution is 5.95. The molecule has 0 saturated heterocycles. The molecule has 1 amide bonds. The minimum atomic E-state index is -0.761. The van der Waals surface area contributed by atoms with E-state index in [-0.39, 0.29) is 11.7 Å². The highest BCUT2D eigenvalue weighted by atomic mass is 16.3. The number of nitriles is 1. The van der Waals surface area contributed by atoms with Gasteiger partial charge in [0, 0.05) is 5.56 Å². The smallest absolute Gasteiger partial charge is 0.252 e. The number of carbonyl (C=O) groups is 1. The number of rotatable bonds is 2. The summed E-state index contributed by atoms with van der Waals surface area (Å²) in [7, 11) is 0. The third-order valence-electron chi connectivity index (χ3n) is 3.88. The Bertz CT molecular complexity index is 511. The highest BCUT2D eigenvalue weighted by Crippen LogP contribution is 2.26. The van der Waals surface area contributed by atoms with Gasteiger partial charge in [-0.25, -0.2) is 0 Å². The number of nitrogens with zero attached hydrogens (tertiary/aromatic N) is 1. The van der Waals surface area contributed by atoms with Gasteiger partial charge in [0.15, 0.2) is 0 Å². The molecule has 4 heteroatoms. The molecule has 1 aliphatic rings. The van der Waals surface area contributed by atoms with Crippen molar-refractivity contribution in [3.05, 3.63) is 29.8 Å². The van der Waals surface area contributed by atoms with Gasteiger partial charge in [-0.15, -0.1) is 0 Å². The number of hydrogen-bond donors (Lipinski definition) is 2. The number of benzene rings is 1. The molecule has 0 aromatic heterocycles. The molecule has 1 saturated carbocycles. The first-order chi connectivity index (χ1) is 9.65. The summed E-state index contributed by atoms with van der Waals surface area (Å²) < 4.78 is 0. The molecular weight excluding hydrogens is 252 g/mol. The second-order valence-electron chi connectivity index (χ2n) is 5.47. The van der Waals surface area contributed by atoms with Gasteiger partial charge in [0.2, 0.25) is 0 Å². The van der Waals surface area contributed by atoms with Crippen molar-refractivity contribution in [1.29, 1.82) is 5.26 Å². The molecule has 0 atom stereocenters. The Morgan fingerprint density at radius 2 is 1.85 bits per heavy atom. The van der Waals surface area contributed by atoms with Crippen LogP contribution in [0.5, 0.6) is 5.75 Å². The van der Waals surface area contributed by atoms with E-state index >= 15 is 0 Å². The number of phenols is 1. The first-order valence-corrected chi connectivity index (χ1v) is 7.18. The number of aromatic hydroxyl groups is 1. The molecule has 4 nitrogen and oxygen atoms in total. The summed E-state index contributed by atoms with van der Waals surface area (Å²) in [4.78, 5) is 12.3. The first-order valence-electron chi connectivity index (χ1n) is 7.18. The van der Waals surface area contributed by atoms with E-state index in [1.54, 1.807) is 12.1 Å². The fraction of sp³-hybridized carbons (Fsp3) is 0.500. The Hall–Kier alpha value is -2.02. The molecule has 1 aliphatic carbocycles. The minimum absolute atomic E-state index is 0.0568. The number of carbonyl (C=O) groups excluding carboxylic acids is 1. The quantitative estimate of drug-likeness (QED) is 0.868. The van der Waals surface area contributed by atoms with Crippen LogP contribution in [-0.4, -0.2) is 16.6 Å². The van der Waals surface area contributed by atoms with Crippen LogP contribution in [0, 0.1) is 11.3 Å². The maximum absolute atomic E-state index is 12.3. The van der Waals surface area contributed by atoms with Crippen molar-refractivity contribution in [2.45, 2.75) is 50.5 Å². The number of nitrogens with one attached hydrogen (secondary N) is 1. The molecule has 0 radical (unpaired) electrons. The van der Waals surface area contributed by atoms with Gasteiger partial charge < -0.3 is 10.4 Å². The zero-order valence-corrected chi connectivity index (χ0v) is 11.6. The zero-order chi connectivity index (χ0) is 14.4. The van der Waals surface area contributed by atoms with Crippen LogP contribution in [0.3, 0.4) is 0 Å². The van der Waals surface area contributed by atoms with Gasteiger partial charge in [0.25, 0.3) is 5.91 Å². The van der Waals surface area contributed by atoms with Crippen molar-refractivity contribution >= 4 is 5.91 Å². The predicted molar refractivity (Wildman–Crippen MR) is 76.2 cm³/mol. The van der Waals surface area contributed by atoms with Gasteiger partial charge in [0.1, 0.15) is 11.3 Å². The summed E-state index contributed by atoms with van der Waals surface area (Å²) in [5.41, 5.74) is -0.371. The molecular formula is C16H20N2O2. The highest BCUT2D eigenvalue weighted by Gasteiger charge is 2.32. The molecule has 2 rings (SSSR count). The number of phenolic OH excluding ortho intramolecular Hbond substituents is 1. The molecule has 106 valence electrons. The number of amides is 1. The van der Waals surface area contributed by atoms with Gasteiger partial charge >= 0.3 is 0 Å². The van der Waals surface area contributed by atoms with Crippen LogP contribution in [0.25, 0.3) is 0 Å². The van der Waals surface area contributed by atoms with Crippen molar-refractivity contribution in [3.63, 3.8) is 0 Å². The lowest BCUT2D eigenvalue weighted by molar-refractivity contribution is 0.0907. The van der Waals surface area contributed by atoms with E-state index in [0.29, 0.717) is 18.4 Å². The van der Waals surface area contributed by atoms with E-state index in [0.717, 1.165) is 25.7 Å². The summed E-state index contributed by atoms with van der Waals surface area (Å²) in [6.45, 7) is 0. The molecule has 0 bridgehead atoms. The van der Waals surface area contributed by atoms with Crippen LogP contribution in [0.1, 0.15) is 55.3 Å².